The highest BCUT2D eigenvalue weighted by Gasteiger charge is 2.24. The van der Waals surface area contributed by atoms with Crippen molar-refractivity contribution in [2.45, 2.75) is 45.1 Å². The summed E-state index contributed by atoms with van der Waals surface area (Å²) in [6.45, 7) is 3.95. The van der Waals surface area contributed by atoms with Gasteiger partial charge in [-0.15, -0.1) is 0 Å². The van der Waals surface area contributed by atoms with Crippen molar-refractivity contribution >= 4 is 0 Å². The zero-order chi connectivity index (χ0) is 11.7. The van der Waals surface area contributed by atoms with E-state index in [0.29, 0.717) is 5.92 Å². The fourth-order valence-corrected chi connectivity index (χ4v) is 2.70. The third kappa shape index (κ3) is 1.94. The largest absolute Gasteiger partial charge is 0.496 e. The molecule has 1 aliphatic rings. The molecule has 0 fully saturated rings. The van der Waals surface area contributed by atoms with E-state index in [1.54, 1.807) is 7.11 Å². The van der Waals surface area contributed by atoms with Gasteiger partial charge in [0.1, 0.15) is 5.75 Å². The van der Waals surface area contributed by atoms with Gasteiger partial charge in [-0.2, -0.15) is 0 Å². The van der Waals surface area contributed by atoms with Gasteiger partial charge in [-0.1, -0.05) is 6.07 Å². The van der Waals surface area contributed by atoms with E-state index in [9.17, 15) is 5.11 Å². The molecule has 1 unspecified atom stereocenters. The van der Waals surface area contributed by atoms with Crippen LogP contribution in [-0.2, 0) is 6.42 Å². The molecule has 1 aliphatic carbocycles. The molecule has 1 N–H and O–H groups in total. The lowest BCUT2D eigenvalue weighted by molar-refractivity contribution is 0.153. The van der Waals surface area contributed by atoms with Crippen LogP contribution in [0.5, 0.6) is 5.75 Å². The molecule has 2 atom stereocenters. The molecule has 2 rings (SSSR count). The fraction of sp³-hybridized carbons (Fsp3) is 0.571. The number of aliphatic hydroxyl groups is 1. The van der Waals surface area contributed by atoms with Crippen molar-refractivity contribution in [2.75, 3.05) is 7.11 Å². The number of hydrogen-bond donors (Lipinski definition) is 1. The smallest absolute Gasteiger partial charge is 0.122 e. The number of aliphatic hydroxyl groups excluding tert-OH is 1. The van der Waals surface area contributed by atoms with Crippen LogP contribution in [-0.4, -0.2) is 18.3 Å². The Hall–Kier alpha value is -1.02. The molecular weight excluding hydrogens is 200 g/mol. The van der Waals surface area contributed by atoms with Gasteiger partial charge in [-0.05, 0) is 55.9 Å². The first-order chi connectivity index (χ1) is 7.63. The van der Waals surface area contributed by atoms with E-state index in [4.69, 9.17) is 4.74 Å². The Bertz CT molecular complexity index is 383. The summed E-state index contributed by atoms with van der Waals surface area (Å²) < 4.78 is 5.34. The van der Waals surface area contributed by atoms with Gasteiger partial charge in [-0.25, -0.2) is 0 Å². The summed E-state index contributed by atoms with van der Waals surface area (Å²) in [5.74, 6) is 1.26. The zero-order valence-corrected chi connectivity index (χ0v) is 10.3. The summed E-state index contributed by atoms with van der Waals surface area (Å²) >= 11 is 0. The number of methoxy groups -OCH3 is 1. The minimum atomic E-state index is -0.258. The second-order valence-electron chi connectivity index (χ2n) is 4.76. The molecule has 0 radical (unpaired) electrons. The Morgan fingerprint density at radius 1 is 1.44 bits per heavy atom. The SMILES string of the molecule is COc1cc2c(cc1C)[C@@H](C(C)O)CCC2. The summed E-state index contributed by atoms with van der Waals surface area (Å²) in [4.78, 5) is 0. The molecule has 2 heteroatoms. The quantitative estimate of drug-likeness (QED) is 0.830. The lowest BCUT2D eigenvalue weighted by Crippen LogP contribution is -2.20. The van der Waals surface area contributed by atoms with Gasteiger partial charge < -0.3 is 9.84 Å². The van der Waals surface area contributed by atoms with Gasteiger partial charge in [-0.3, -0.25) is 0 Å². The van der Waals surface area contributed by atoms with Crippen molar-refractivity contribution in [3.05, 3.63) is 28.8 Å². The average Bonchev–Trinajstić information content (AvgIpc) is 2.27. The minimum Gasteiger partial charge on any atom is -0.496 e. The van der Waals surface area contributed by atoms with E-state index in [0.717, 1.165) is 30.6 Å². The van der Waals surface area contributed by atoms with Crippen LogP contribution in [0.3, 0.4) is 0 Å². The van der Waals surface area contributed by atoms with Crippen molar-refractivity contribution in [2.24, 2.45) is 0 Å². The van der Waals surface area contributed by atoms with Gasteiger partial charge in [0.25, 0.3) is 0 Å². The van der Waals surface area contributed by atoms with Crippen LogP contribution in [0.2, 0.25) is 0 Å². The third-order valence-electron chi connectivity index (χ3n) is 3.60. The highest BCUT2D eigenvalue weighted by molar-refractivity contribution is 5.45. The average molecular weight is 220 g/mol. The Morgan fingerprint density at radius 3 is 2.81 bits per heavy atom. The molecular formula is C14H20O2. The first kappa shape index (κ1) is 11.5. The number of ether oxygens (including phenoxy) is 1. The number of benzene rings is 1. The first-order valence-electron chi connectivity index (χ1n) is 5.99. The second kappa shape index (κ2) is 4.46. The maximum absolute atomic E-state index is 9.81. The van der Waals surface area contributed by atoms with Crippen LogP contribution in [0.4, 0.5) is 0 Å². The van der Waals surface area contributed by atoms with E-state index >= 15 is 0 Å². The van der Waals surface area contributed by atoms with E-state index in [1.807, 2.05) is 6.92 Å². The summed E-state index contributed by atoms with van der Waals surface area (Å²) in [7, 11) is 1.71. The molecule has 1 aromatic rings. The lowest BCUT2D eigenvalue weighted by Gasteiger charge is -2.28. The van der Waals surface area contributed by atoms with Crippen molar-refractivity contribution in [3.63, 3.8) is 0 Å². The molecule has 2 nitrogen and oxygen atoms in total. The normalized spacial score (nSPS) is 21.4. The summed E-state index contributed by atoms with van der Waals surface area (Å²) in [6, 6.07) is 4.32. The van der Waals surface area contributed by atoms with Crippen LogP contribution in [0.15, 0.2) is 12.1 Å². The van der Waals surface area contributed by atoms with Gasteiger partial charge in [0, 0.05) is 5.92 Å². The molecule has 0 amide bonds. The van der Waals surface area contributed by atoms with E-state index in [1.165, 1.54) is 11.1 Å². The maximum atomic E-state index is 9.81. The molecule has 0 saturated carbocycles. The van der Waals surface area contributed by atoms with E-state index < -0.39 is 0 Å². The first-order valence-corrected chi connectivity index (χ1v) is 5.99. The molecule has 1 aromatic carbocycles. The Morgan fingerprint density at radius 2 is 2.19 bits per heavy atom. The molecule has 88 valence electrons. The van der Waals surface area contributed by atoms with Crippen LogP contribution < -0.4 is 4.74 Å². The fourth-order valence-electron chi connectivity index (χ4n) is 2.70. The van der Waals surface area contributed by atoms with E-state index in [2.05, 4.69) is 19.1 Å². The summed E-state index contributed by atoms with van der Waals surface area (Å²) in [5, 5.41) is 9.81. The molecule has 0 aliphatic heterocycles. The third-order valence-corrected chi connectivity index (χ3v) is 3.60. The molecule has 0 bridgehead atoms. The number of fused-ring (bicyclic) bond motifs is 1. The van der Waals surface area contributed by atoms with Gasteiger partial charge >= 0.3 is 0 Å². The van der Waals surface area contributed by atoms with Gasteiger partial charge in [0.05, 0.1) is 13.2 Å². The molecule has 0 saturated heterocycles. The summed E-state index contributed by atoms with van der Waals surface area (Å²) in [5.41, 5.74) is 3.83. The summed E-state index contributed by atoms with van der Waals surface area (Å²) in [6.07, 6.45) is 3.10. The topological polar surface area (TPSA) is 29.5 Å². The number of aryl methyl sites for hydroxylation is 2. The van der Waals surface area contributed by atoms with E-state index in [-0.39, 0.29) is 6.10 Å². The zero-order valence-electron chi connectivity index (χ0n) is 10.3. The Balaban J connectivity index is 2.45. The highest BCUT2D eigenvalue weighted by Crippen LogP contribution is 2.37. The van der Waals surface area contributed by atoms with Crippen LogP contribution in [0.1, 0.15) is 42.4 Å². The van der Waals surface area contributed by atoms with Crippen LogP contribution in [0.25, 0.3) is 0 Å². The van der Waals surface area contributed by atoms with Crippen molar-refractivity contribution in [1.29, 1.82) is 0 Å². The predicted octanol–water partition coefficient (Wildman–Crippen LogP) is 2.80. The van der Waals surface area contributed by atoms with Crippen molar-refractivity contribution in [3.8, 4) is 5.75 Å². The monoisotopic (exact) mass is 220 g/mol. The van der Waals surface area contributed by atoms with Crippen molar-refractivity contribution in [1.82, 2.24) is 0 Å². The molecule has 0 aromatic heterocycles. The minimum absolute atomic E-state index is 0.258. The molecule has 16 heavy (non-hydrogen) atoms. The predicted molar refractivity (Wildman–Crippen MR) is 65.1 cm³/mol. The number of rotatable bonds is 2. The van der Waals surface area contributed by atoms with Gasteiger partial charge in [0.2, 0.25) is 0 Å². The second-order valence-corrected chi connectivity index (χ2v) is 4.76. The van der Waals surface area contributed by atoms with Crippen molar-refractivity contribution < 1.29 is 9.84 Å². The highest BCUT2D eigenvalue weighted by atomic mass is 16.5. The maximum Gasteiger partial charge on any atom is 0.122 e. The molecule has 0 heterocycles. The Kier molecular flexibility index (Phi) is 3.20. The Labute approximate surface area is 97.3 Å². The number of hydrogen-bond acceptors (Lipinski definition) is 2. The standard InChI is InChI=1S/C14H20O2/c1-9-7-13-11(8-14(9)16-3)5-4-6-12(13)10(2)15/h7-8,10,12,15H,4-6H2,1-3H3/t10?,12-/m1/s1. The van der Waals surface area contributed by atoms with Crippen LogP contribution in [0, 0.1) is 6.92 Å². The lowest BCUT2D eigenvalue weighted by atomic mass is 9.79. The van der Waals surface area contributed by atoms with Gasteiger partial charge in [0.15, 0.2) is 0 Å². The van der Waals surface area contributed by atoms with Crippen LogP contribution >= 0.6 is 0 Å². The molecule has 0 spiro atoms.